The van der Waals surface area contributed by atoms with Crippen LogP contribution in [0.15, 0.2) is 0 Å². The first-order valence-electron chi connectivity index (χ1n) is 57.9. The number of carbonyl (C=O) groups excluding carboxylic acids is 2. The molecule has 0 aliphatic rings. The van der Waals surface area contributed by atoms with Crippen molar-refractivity contribution in [1.29, 1.82) is 0 Å². The van der Waals surface area contributed by atoms with Crippen LogP contribution in [0.1, 0.15) is 627 Å². The lowest BCUT2D eigenvalue weighted by atomic mass is 10.0. The van der Waals surface area contributed by atoms with Gasteiger partial charge in [-0.3, -0.25) is 14.5 Å². The second-order valence-corrected chi connectivity index (χ2v) is 40.5. The normalized spacial score (nSPS) is 12.7. The second-order valence-electron chi connectivity index (χ2n) is 40.5. The second kappa shape index (κ2) is 103. The SMILES string of the molecule is CCCCCCCCCCCCN(CCCCCCCCCCCC)CCCCC(NC(=O)C(CCCCN(CCCCCCCCCCCC)CCCCCCCCCCCC)NC(=O)C(CCCCN(CCCCCCCCCCCC)CCCCCCCCCCCC)N(CCCCCCCCCCCC)CCCCCCCCCCCC)C(=O)O. The molecule has 0 heterocycles. The van der Waals surface area contributed by atoms with E-state index in [0.717, 1.165) is 117 Å². The van der Waals surface area contributed by atoms with E-state index >= 15 is 9.59 Å². The van der Waals surface area contributed by atoms with E-state index in [0.29, 0.717) is 12.8 Å². The molecule has 0 radical (unpaired) electrons. The molecular formula is C114H230N6O4. The summed E-state index contributed by atoms with van der Waals surface area (Å²) in [6.07, 6.45) is 114. The molecular weight excluding hydrogens is 1520 g/mol. The van der Waals surface area contributed by atoms with E-state index < -0.39 is 18.1 Å². The van der Waals surface area contributed by atoms with Gasteiger partial charge in [-0.05, 0) is 175 Å². The molecule has 0 saturated carbocycles. The highest BCUT2D eigenvalue weighted by atomic mass is 16.4. The molecule has 0 aliphatic heterocycles. The van der Waals surface area contributed by atoms with E-state index in [1.54, 1.807) is 0 Å². The highest BCUT2D eigenvalue weighted by Crippen LogP contribution is 2.24. The maximum atomic E-state index is 16.1. The minimum Gasteiger partial charge on any atom is -0.480 e. The zero-order valence-corrected chi connectivity index (χ0v) is 86.4. The number of carbonyl (C=O) groups is 3. The van der Waals surface area contributed by atoms with Crippen molar-refractivity contribution in [3.63, 3.8) is 0 Å². The van der Waals surface area contributed by atoms with Gasteiger partial charge in [0.05, 0.1) is 6.04 Å². The number of hydrogen-bond acceptors (Lipinski definition) is 7. The lowest BCUT2D eigenvalue weighted by Gasteiger charge is -2.33. The summed E-state index contributed by atoms with van der Waals surface area (Å²) in [5.74, 6) is -1.23. The summed E-state index contributed by atoms with van der Waals surface area (Å²) >= 11 is 0. The van der Waals surface area contributed by atoms with Crippen molar-refractivity contribution < 1.29 is 19.5 Å². The van der Waals surface area contributed by atoms with Gasteiger partial charge < -0.3 is 30.4 Å². The minimum atomic E-state index is -0.995. The van der Waals surface area contributed by atoms with E-state index in [9.17, 15) is 9.90 Å². The Hall–Kier alpha value is -1.75. The molecule has 3 N–H and O–H groups in total. The molecule has 0 aromatic carbocycles. The molecule has 0 fully saturated rings. The molecule has 3 unspecified atom stereocenters. The van der Waals surface area contributed by atoms with Gasteiger partial charge in [-0.2, -0.15) is 0 Å². The molecule has 2 amide bonds. The van der Waals surface area contributed by atoms with Crippen molar-refractivity contribution in [3.8, 4) is 0 Å². The van der Waals surface area contributed by atoms with Crippen LogP contribution in [0.2, 0.25) is 0 Å². The molecule has 10 nitrogen and oxygen atoms in total. The number of hydrogen-bond donors (Lipinski definition) is 3. The van der Waals surface area contributed by atoms with Crippen molar-refractivity contribution >= 4 is 17.8 Å². The minimum absolute atomic E-state index is 0.00669. The Labute approximate surface area is 779 Å². The Kier molecular flexibility index (Phi) is 102. The number of carboxylic acid groups (broad SMARTS) is 1. The number of amides is 2. The van der Waals surface area contributed by atoms with E-state index in [1.165, 1.54) is 514 Å². The topological polar surface area (TPSA) is 108 Å². The standard InChI is InChI=1S/C114H230N6O4/c1-9-17-25-33-41-49-57-65-73-84-98-117(99-85-74-66-58-50-42-34-26-18-10-2)104-92-81-95-109(112(121)116-110(114(123)124)96-82-93-105-118(100-86-75-67-59-51-43-35-27-19-11-3)101-87-76-68-60-52-44-36-28-20-12-4)115-113(122)111(120(107-90-79-71-63-55-47-39-31-23-15-7)108-91-80-72-64-56-48-40-32-24-16-8)97-83-94-106-119(102-88-77-69-61-53-45-37-29-21-13-5)103-89-78-70-62-54-46-38-30-22-14-6/h109-111H,9-108H2,1-8H3,(H,115,122)(H,116,121)(H,123,124). The van der Waals surface area contributed by atoms with Gasteiger partial charge in [0, 0.05) is 0 Å². The molecule has 3 atom stereocenters. The number of unbranched alkanes of at least 4 members (excludes halogenated alkanes) is 75. The van der Waals surface area contributed by atoms with Gasteiger partial charge in [0.15, 0.2) is 0 Å². The molecule has 740 valence electrons. The van der Waals surface area contributed by atoms with Crippen LogP contribution in [0.4, 0.5) is 0 Å². The molecule has 0 rings (SSSR count). The Morgan fingerprint density at radius 1 is 0.177 bits per heavy atom. The summed E-state index contributed by atoms with van der Waals surface area (Å²) in [7, 11) is 0. The average Bonchev–Trinajstić information content (AvgIpc) is 0.865. The first kappa shape index (κ1) is 122. The smallest absolute Gasteiger partial charge is 0.326 e. The zero-order chi connectivity index (χ0) is 89.9. The van der Waals surface area contributed by atoms with E-state index in [4.69, 9.17) is 0 Å². The first-order valence-corrected chi connectivity index (χ1v) is 57.9. The Balaban J connectivity index is 7.49. The van der Waals surface area contributed by atoms with E-state index in [1.807, 2.05) is 0 Å². The van der Waals surface area contributed by atoms with Crippen LogP contribution in [-0.4, -0.2) is 133 Å². The fraction of sp³-hybridized carbons (Fsp3) is 0.974. The van der Waals surface area contributed by atoms with Gasteiger partial charge in [0.1, 0.15) is 12.1 Å². The predicted octanol–water partition coefficient (Wildman–Crippen LogP) is 35.5. The van der Waals surface area contributed by atoms with Crippen LogP contribution in [0, 0.1) is 0 Å². The summed E-state index contributed by atoms with van der Waals surface area (Å²) in [4.78, 5) is 56.1. The number of carboxylic acids is 1. The Morgan fingerprint density at radius 2 is 0.323 bits per heavy atom. The summed E-state index contributed by atoms with van der Waals surface area (Å²) in [6.45, 7) is 30.3. The van der Waals surface area contributed by atoms with E-state index in [-0.39, 0.29) is 17.9 Å². The lowest BCUT2D eigenvalue weighted by Crippen LogP contribution is -2.56. The highest BCUT2D eigenvalue weighted by Gasteiger charge is 2.32. The molecule has 0 spiro atoms. The van der Waals surface area contributed by atoms with Crippen molar-refractivity contribution in [1.82, 2.24) is 30.2 Å². The predicted molar refractivity (Wildman–Crippen MR) is 552 cm³/mol. The molecule has 0 aromatic rings. The molecule has 124 heavy (non-hydrogen) atoms. The molecule has 0 aliphatic carbocycles. The van der Waals surface area contributed by atoms with Crippen LogP contribution in [0.5, 0.6) is 0 Å². The third kappa shape index (κ3) is 88.2. The lowest BCUT2D eigenvalue weighted by molar-refractivity contribution is -0.142. The van der Waals surface area contributed by atoms with Crippen LogP contribution in [0.25, 0.3) is 0 Å². The van der Waals surface area contributed by atoms with Gasteiger partial charge >= 0.3 is 5.97 Å². The van der Waals surface area contributed by atoms with Crippen LogP contribution >= 0.6 is 0 Å². The number of aliphatic carboxylic acids is 1. The summed E-state index contributed by atoms with van der Waals surface area (Å²) < 4.78 is 0. The van der Waals surface area contributed by atoms with Crippen molar-refractivity contribution in [3.05, 3.63) is 0 Å². The largest absolute Gasteiger partial charge is 0.480 e. The number of rotatable bonds is 109. The third-order valence-corrected chi connectivity index (χ3v) is 28.2. The maximum absolute atomic E-state index is 16.1. The summed E-state index contributed by atoms with van der Waals surface area (Å²) in [5.41, 5.74) is 0. The van der Waals surface area contributed by atoms with Crippen LogP contribution in [0.3, 0.4) is 0 Å². The highest BCUT2D eigenvalue weighted by molar-refractivity contribution is 5.91. The third-order valence-electron chi connectivity index (χ3n) is 28.2. The summed E-state index contributed by atoms with van der Waals surface area (Å²) in [6, 6.07) is -2.12. The number of nitrogens with zero attached hydrogens (tertiary/aromatic N) is 4. The van der Waals surface area contributed by atoms with Gasteiger partial charge in [0.2, 0.25) is 11.8 Å². The first-order chi connectivity index (χ1) is 61.1. The van der Waals surface area contributed by atoms with Crippen LogP contribution in [-0.2, 0) is 14.4 Å². The molecule has 0 bridgehead atoms. The monoisotopic (exact) mass is 1750 g/mol. The number of nitrogens with one attached hydrogen (secondary N) is 2. The average molecular weight is 1750 g/mol. The Bertz CT molecular complexity index is 1970. The van der Waals surface area contributed by atoms with Crippen molar-refractivity contribution in [2.45, 2.75) is 645 Å². The van der Waals surface area contributed by atoms with Crippen molar-refractivity contribution in [2.75, 3.05) is 72.0 Å². The van der Waals surface area contributed by atoms with Gasteiger partial charge in [-0.25, -0.2) is 4.79 Å². The molecule has 0 saturated heterocycles. The molecule has 10 heteroatoms. The van der Waals surface area contributed by atoms with Crippen molar-refractivity contribution in [2.24, 2.45) is 0 Å². The molecule has 0 aromatic heterocycles. The summed E-state index contributed by atoms with van der Waals surface area (Å²) in [5, 5.41) is 17.9. The van der Waals surface area contributed by atoms with Crippen LogP contribution < -0.4 is 10.6 Å². The Morgan fingerprint density at radius 3 is 0.508 bits per heavy atom. The quantitative estimate of drug-likeness (QED) is 0.0517. The maximum Gasteiger partial charge on any atom is 0.326 e. The van der Waals surface area contributed by atoms with Gasteiger partial charge in [-0.1, -0.05) is 524 Å². The zero-order valence-electron chi connectivity index (χ0n) is 86.4. The van der Waals surface area contributed by atoms with Gasteiger partial charge in [0.25, 0.3) is 0 Å². The van der Waals surface area contributed by atoms with E-state index in [2.05, 4.69) is 85.6 Å². The van der Waals surface area contributed by atoms with Gasteiger partial charge in [-0.15, -0.1) is 0 Å². The fourth-order valence-electron chi connectivity index (χ4n) is 19.6. The fourth-order valence-corrected chi connectivity index (χ4v) is 19.6.